The van der Waals surface area contributed by atoms with Gasteiger partial charge in [-0.3, -0.25) is 9.59 Å². The van der Waals surface area contributed by atoms with Crippen molar-refractivity contribution in [1.29, 1.82) is 5.26 Å². The molecule has 0 saturated heterocycles. The van der Waals surface area contributed by atoms with Gasteiger partial charge in [0.05, 0.1) is 11.4 Å². The predicted octanol–water partition coefficient (Wildman–Crippen LogP) is 4.07. The number of rotatable bonds is 5. The quantitative estimate of drug-likeness (QED) is 0.597. The third-order valence-corrected chi connectivity index (χ3v) is 5.86. The van der Waals surface area contributed by atoms with Crippen molar-refractivity contribution >= 4 is 61.0 Å². The lowest BCUT2D eigenvalue weighted by atomic mass is 10.1. The van der Waals surface area contributed by atoms with Gasteiger partial charge in [-0.15, -0.1) is 11.8 Å². The molecule has 2 aromatic carbocycles. The summed E-state index contributed by atoms with van der Waals surface area (Å²) in [6.45, 7) is 0. The van der Waals surface area contributed by atoms with Crippen molar-refractivity contribution in [3.8, 4) is 6.07 Å². The van der Waals surface area contributed by atoms with Gasteiger partial charge in [-0.25, -0.2) is 0 Å². The van der Waals surface area contributed by atoms with Crippen LogP contribution in [0.15, 0.2) is 63.0 Å². The van der Waals surface area contributed by atoms with Gasteiger partial charge in [0.1, 0.15) is 17.1 Å². The third kappa shape index (κ3) is 4.80. The van der Waals surface area contributed by atoms with Crippen LogP contribution in [-0.2, 0) is 4.79 Å². The molecule has 2 aromatic rings. The maximum Gasteiger partial charge on any atom is 0.266 e. The van der Waals surface area contributed by atoms with Crippen LogP contribution in [0.1, 0.15) is 15.9 Å². The van der Waals surface area contributed by atoms with Crippen molar-refractivity contribution in [2.45, 2.75) is 5.50 Å². The zero-order chi connectivity index (χ0) is 19.4. The molecule has 0 fully saturated rings. The summed E-state index contributed by atoms with van der Waals surface area (Å²) in [7, 11) is 0. The van der Waals surface area contributed by atoms with Crippen molar-refractivity contribution in [2.24, 2.45) is 0 Å². The average molecular weight is 507 g/mol. The number of nitrogens with zero attached hydrogens (tertiary/aromatic N) is 1. The fourth-order valence-electron chi connectivity index (χ4n) is 2.46. The molecule has 0 saturated carbocycles. The highest BCUT2D eigenvalue weighted by molar-refractivity contribution is 9.10. The summed E-state index contributed by atoms with van der Waals surface area (Å²) >= 11 is 7.97. The number of carbonyl (C=O) groups is 2. The predicted molar refractivity (Wildman–Crippen MR) is 113 cm³/mol. The first-order valence-electron chi connectivity index (χ1n) is 7.86. The number of halogens is 2. The molecule has 1 amide bonds. The molecular formula is C19H13Br2N3O2S. The monoisotopic (exact) mass is 505 g/mol. The van der Waals surface area contributed by atoms with E-state index in [0.717, 1.165) is 14.5 Å². The van der Waals surface area contributed by atoms with Gasteiger partial charge in [0, 0.05) is 14.5 Å². The number of Topliss-reactive ketones (excluding diaryl/α,β-unsaturated/α-hetero) is 1. The van der Waals surface area contributed by atoms with E-state index in [0.29, 0.717) is 11.3 Å². The molecule has 1 aliphatic rings. The van der Waals surface area contributed by atoms with Gasteiger partial charge in [-0.2, -0.15) is 5.26 Å². The number of nitrogens with one attached hydrogen (secondary N) is 2. The zero-order valence-electron chi connectivity index (χ0n) is 13.8. The standard InChI is InChI=1S/C19H13Br2N3O2S/c20-13-5-1-11(2-6-13)16(25)10-27-19-23-17(15(9-22)18(26)24-19)12-3-7-14(21)8-4-12/h1-8,19,23H,10H2,(H,24,26). The van der Waals surface area contributed by atoms with Crippen molar-refractivity contribution in [3.63, 3.8) is 0 Å². The second-order valence-electron chi connectivity index (χ2n) is 5.61. The molecule has 0 radical (unpaired) electrons. The van der Waals surface area contributed by atoms with Gasteiger partial charge in [0.15, 0.2) is 5.78 Å². The number of amides is 1. The lowest BCUT2D eigenvalue weighted by Crippen LogP contribution is -2.48. The van der Waals surface area contributed by atoms with Gasteiger partial charge in [0.25, 0.3) is 5.91 Å². The van der Waals surface area contributed by atoms with Crippen LogP contribution in [0.3, 0.4) is 0 Å². The molecule has 8 heteroatoms. The minimum atomic E-state index is -0.507. The van der Waals surface area contributed by atoms with Crippen LogP contribution in [-0.4, -0.2) is 22.9 Å². The van der Waals surface area contributed by atoms with E-state index in [-0.39, 0.29) is 17.1 Å². The van der Waals surface area contributed by atoms with E-state index < -0.39 is 11.4 Å². The molecule has 1 aliphatic heterocycles. The number of hydrogen-bond donors (Lipinski definition) is 2. The number of nitriles is 1. The number of benzene rings is 2. The summed E-state index contributed by atoms with van der Waals surface area (Å²) < 4.78 is 1.80. The summed E-state index contributed by atoms with van der Waals surface area (Å²) in [5.41, 5.74) is 1.31. The van der Waals surface area contributed by atoms with Crippen molar-refractivity contribution < 1.29 is 9.59 Å². The summed E-state index contributed by atoms with van der Waals surface area (Å²) in [4.78, 5) is 24.6. The van der Waals surface area contributed by atoms with Crippen LogP contribution >= 0.6 is 43.6 Å². The average Bonchev–Trinajstić information content (AvgIpc) is 2.67. The van der Waals surface area contributed by atoms with E-state index in [1.165, 1.54) is 11.8 Å². The lowest BCUT2D eigenvalue weighted by Gasteiger charge is -2.27. The Morgan fingerprint density at radius 2 is 1.63 bits per heavy atom. The molecule has 27 heavy (non-hydrogen) atoms. The maximum absolute atomic E-state index is 12.3. The van der Waals surface area contributed by atoms with Gasteiger partial charge in [-0.05, 0) is 29.8 Å². The van der Waals surface area contributed by atoms with E-state index in [2.05, 4.69) is 42.5 Å². The highest BCUT2D eigenvalue weighted by Gasteiger charge is 2.28. The van der Waals surface area contributed by atoms with Crippen LogP contribution in [0.2, 0.25) is 0 Å². The second-order valence-corrected chi connectivity index (χ2v) is 8.53. The molecule has 1 atom stereocenters. The van der Waals surface area contributed by atoms with E-state index in [9.17, 15) is 14.9 Å². The van der Waals surface area contributed by atoms with E-state index >= 15 is 0 Å². The molecule has 2 N–H and O–H groups in total. The molecule has 0 aromatic heterocycles. The highest BCUT2D eigenvalue weighted by atomic mass is 79.9. The van der Waals surface area contributed by atoms with Gasteiger partial charge >= 0.3 is 0 Å². The molecule has 1 heterocycles. The third-order valence-electron chi connectivity index (χ3n) is 3.81. The van der Waals surface area contributed by atoms with Gasteiger partial charge < -0.3 is 10.6 Å². The van der Waals surface area contributed by atoms with Crippen LogP contribution in [0.5, 0.6) is 0 Å². The van der Waals surface area contributed by atoms with E-state index in [4.69, 9.17) is 0 Å². The van der Waals surface area contributed by atoms with Crippen LogP contribution in [0, 0.1) is 11.3 Å². The number of thioether (sulfide) groups is 1. The Morgan fingerprint density at radius 3 is 2.22 bits per heavy atom. The van der Waals surface area contributed by atoms with Crippen molar-refractivity contribution in [2.75, 3.05) is 5.75 Å². The number of ketones is 1. The first kappa shape index (κ1) is 19.7. The molecular weight excluding hydrogens is 494 g/mol. The Kier molecular flexibility index (Phi) is 6.37. The normalized spacial score (nSPS) is 16.3. The minimum absolute atomic E-state index is 0.0217. The number of carbonyl (C=O) groups excluding carboxylic acids is 2. The van der Waals surface area contributed by atoms with Crippen LogP contribution in [0.4, 0.5) is 0 Å². The summed E-state index contributed by atoms with van der Waals surface area (Å²) in [5, 5.41) is 15.2. The second kappa shape index (κ2) is 8.74. The Labute approximate surface area is 177 Å². The molecule has 1 unspecified atom stereocenters. The van der Waals surface area contributed by atoms with Crippen molar-refractivity contribution in [1.82, 2.24) is 10.6 Å². The Balaban J connectivity index is 1.73. The van der Waals surface area contributed by atoms with Crippen molar-refractivity contribution in [3.05, 3.63) is 74.2 Å². The summed E-state index contributed by atoms with van der Waals surface area (Å²) in [5.74, 6) is -0.304. The molecule has 3 rings (SSSR count). The summed E-state index contributed by atoms with van der Waals surface area (Å²) in [6.07, 6.45) is 0. The minimum Gasteiger partial charge on any atom is -0.355 e. The van der Waals surface area contributed by atoms with Crippen LogP contribution < -0.4 is 10.6 Å². The van der Waals surface area contributed by atoms with Gasteiger partial charge in [-0.1, -0.05) is 56.1 Å². The SMILES string of the molecule is N#CC1=C(c2ccc(Br)cc2)NC(SCC(=O)c2ccc(Br)cc2)NC1=O. The molecule has 0 spiro atoms. The lowest BCUT2D eigenvalue weighted by molar-refractivity contribution is -0.117. The largest absolute Gasteiger partial charge is 0.355 e. The zero-order valence-corrected chi connectivity index (χ0v) is 17.8. The highest BCUT2D eigenvalue weighted by Crippen LogP contribution is 2.25. The van der Waals surface area contributed by atoms with E-state index in [1.807, 2.05) is 42.5 Å². The smallest absolute Gasteiger partial charge is 0.266 e. The van der Waals surface area contributed by atoms with E-state index in [1.54, 1.807) is 12.1 Å². The first-order chi connectivity index (χ1) is 13.0. The topological polar surface area (TPSA) is 82.0 Å². The molecule has 5 nitrogen and oxygen atoms in total. The summed E-state index contributed by atoms with van der Waals surface area (Å²) in [6, 6.07) is 16.4. The molecule has 136 valence electrons. The van der Waals surface area contributed by atoms with Crippen LogP contribution in [0.25, 0.3) is 5.70 Å². The molecule has 0 bridgehead atoms. The van der Waals surface area contributed by atoms with Gasteiger partial charge in [0.2, 0.25) is 0 Å². The Morgan fingerprint density at radius 1 is 1.04 bits per heavy atom. The number of hydrogen-bond acceptors (Lipinski definition) is 5. The fraction of sp³-hybridized carbons (Fsp3) is 0.105. The maximum atomic E-state index is 12.3. The first-order valence-corrected chi connectivity index (χ1v) is 10.5. The Bertz CT molecular complexity index is 950. The Hall–Kier alpha value is -2.08. The molecule has 0 aliphatic carbocycles. The fourth-order valence-corrected chi connectivity index (χ4v) is 3.86.